The highest BCUT2D eigenvalue weighted by Gasteiger charge is 2.20. The van der Waals surface area contributed by atoms with Gasteiger partial charge in [0.05, 0.1) is 12.2 Å². The van der Waals surface area contributed by atoms with E-state index >= 15 is 0 Å². The molecule has 1 atom stereocenters. The number of carbonyl (C=O) groups excluding carboxylic acids is 3. The minimum atomic E-state index is -1.73. The van der Waals surface area contributed by atoms with Gasteiger partial charge in [-0.15, -0.1) is 0 Å². The smallest absolute Gasteiger partial charge is 0.344 e. The van der Waals surface area contributed by atoms with Crippen LogP contribution in [0.15, 0.2) is 40.9 Å². The number of carbonyl (C=O) groups is 3. The molecule has 11 heteroatoms. The molecule has 0 fully saturated rings. The maximum Gasteiger partial charge on any atom is 0.344 e. The van der Waals surface area contributed by atoms with Crippen LogP contribution in [0.1, 0.15) is 6.92 Å². The van der Waals surface area contributed by atoms with E-state index in [0.717, 1.165) is 10.5 Å². The quantitative estimate of drug-likeness (QED) is 0.440. The molecule has 1 unspecified atom stereocenters. The van der Waals surface area contributed by atoms with Gasteiger partial charge < -0.3 is 20.1 Å². The van der Waals surface area contributed by atoms with Crippen LogP contribution in [0.25, 0.3) is 0 Å². The van der Waals surface area contributed by atoms with Crippen LogP contribution >= 0.6 is 15.9 Å². The number of nitrogens with one attached hydrogen (secondary N) is 2. The number of ether oxygens (including phenoxy) is 2. The fraction of sp³-hybridized carbons (Fsp3) is 0.211. The predicted octanol–water partition coefficient (Wildman–Crippen LogP) is 2.93. The number of amides is 2. The van der Waals surface area contributed by atoms with Crippen molar-refractivity contribution in [3.05, 3.63) is 58.3 Å². The summed E-state index contributed by atoms with van der Waals surface area (Å²) in [6, 6.07) is 8.17. The van der Waals surface area contributed by atoms with Crippen LogP contribution in [0.2, 0.25) is 0 Å². The third kappa shape index (κ3) is 6.76. The van der Waals surface area contributed by atoms with Crippen molar-refractivity contribution in [3.8, 4) is 5.75 Å². The molecule has 7 nitrogen and oxygen atoms in total. The third-order valence-corrected chi connectivity index (χ3v) is 4.11. The number of benzene rings is 2. The Morgan fingerprint density at radius 1 is 1.03 bits per heavy atom. The van der Waals surface area contributed by atoms with Gasteiger partial charge >= 0.3 is 5.97 Å². The largest absolute Gasteiger partial charge is 0.482 e. The van der Waals surface area contributed by atoms with E-state index < -0.39 is 60.2 Å². The number of esters is 1. The first-order valence-electron chi connectivity index (χ1n) is 8.46. The first-order valence-corrected chi connectivity index (χ1v) is 9.25. The zero-order valence-corrected chi connectivity index (χ0v) is 17.1. The Kier molecular flexibility index (Phi) is 8.22. The van der Waals surface area contributed by atoms with Crippen LogP contribution in [-0.2, 0) is 19.1 Å². The molecule has 2 aromatic carbocycles. The van der Waals surface area contributed by atoms with Gasteiger partial charge in [-0.05, 0) is 43.3 Å². The standard InChI is InChI=1S/C19H16BrF3N2O5/c1-10(30-16(27)9-29-12-4-2-11(20)3-5-12)19(28)24-8-15(26)25-14-7-6-13(21)17(22)18(14)23/h2-7,10H,8-9H2,1H3,(H,24,28)(H,25,26). The summed E-state index contributed by atoms with van der Waals surface area (Å²) in [5.41, 5.74) is -0.585. The summed E-state index contributed by atoms with van der Waals surface area (Å²) in [6.07, 6.45) is -1.24. The lowest BCUT2D eigenvalue weighted by Gasteiger charge is -2.14. The van der Waals surface area contributed by atoms with E-state index in [1.165, 1.54) is 6.92 Å². The third-order valence-electron chi connectivity index (χ3n) is 3.58. The van der Waals surface area contributed by atoms with Gasteiger partial charge in [-0.1, -0.05) is 15.9 Å². The average Bonchev–Trinajstić information content (AvgIpc) is 2.72. The highest BCUT2D eigenvalue weighted by Crippen LogP contribution is 2.19. The highest BCUT2D eigenvalue weighted by molar-refractivity contribution is 9.10. The van der Waals surface area contributed by atoms with Crippen LogP contribution in [0, 0.1) is 17.5 Å². The molecule has 0 bridgehead atoms. The Hall–Kier alpha value is -3.08. The molecule has 2 aromatic rings. The van der Waals surface area contributed by atoms with Crippen molar-refractivity contribution in [3.63, 3.8) is 0 Å². The van der Waals surface area contributed by atoms with Crippen molar-refractivity contribution in [2.45, 2.75) is 13.0 Å². The SMILES string of the molecule is CC(OC(=O)COc1ccc(Br)cc1)C(=O)NCC(=O)Nc1ccc(F)c(F)c1F. The first kappa shape index (κ1) is 23.2. The lowest BCUT2D eigenvalue weighted by molar-refractivity contribution is -0.156. The second-order valence-electron chi connectivity index (χ2n) is 5.86. The Balaban J connectivity index is 1.75. The number of hydrogen-bond donors (Lipinski definition) is 2. The number of rotatable bonds is 8. The number of anilines is 1. The Morgan fingerprint density at radius 3 is 2.37 bits per heavy atom. The zero-order chi connectivity index (χ0) is 22.3. The van der Waals surface area contributed by atoms with Crippen LogP contribution in [-0.4, -0.2) is 37.0 Å². The van der Waals surface area contributed by atoms with Crippen LogP contribution in [0.5, 0.6) is 5.75 Å². The maximum atomic E-state index is 13.5. The van der Waals surface area contributed by atoms with Gasteiger partial charge in [0, 0.05) is 4.47 Å². The summed E-state index contributed by atoms with van der Waals surface area (Å²) >= 11 is 3.26. The average molecular weight is 489 g/mol. The molecule has 0 spiro atoms. The summed E-state index contributed by atoms with van der Waals surface area (Å²) in [5.74, 6) is -6.79. The minimum absolute atomic E-state index is 0.424. The van der Waals surface area contributed by atoms with Crippen LogP contribution in [0.3, 0.4) is 0 Å². The molecule has 2 N–H and O–H groups in total. The van der Waals surface area contributed by atoms with E-state index in [1.54, 1.807) is 24.3 Å². The van der Waals surface area contributed by atoms with Gasteiger partial charge in [-0.25, -0.2) is 18.0 Å². The maximum absolute atomic E-state index is 13.5. The molecule has 0 aliphatic carbocycles. The summed E-state index contributed by atoms with van der Waals surface area (Å²) < 4.78 is 50.5. The second-order valence-corrected chi connectivity index (χ2v) is 6.78. The van der Waals surface area contributed by atoms with Crippen molar-refractivity contribution in [2.75, 3.05) is 18.5 Å². The molecule has 0 saturated carbocycles. The van der Waals surface area contributed by atoms with E-state index in [0.29, 0.717) is 11.8 Å². The fourth-order valence-corrected chi connectivity index (χ4v) is 2.35. The molecule has 0 aromatic heterocycles. The van der Waals surface area contributed by atoms with Crippen molar-refractivity contribution in [1.29, 1.82) is 0 Å². The van der Waals surface area contributed by atoms with Crippen LogP contribution < -0.4 is 15.4 Å². The first-order chi connectivity index (χ1) is 14.2. The lowest BCUT2D eigenvalue weighted by atomic mass is 10.2. The van der Waals surface area contributed by atoms with E-state index in [-0.39, 0.29) is 0 Å². The topological polar surface area (TPSA) is 93.7 Å². The second kappa shape index (κ2) is 10.6. The Morgan fingerprint density at radius 2 is 1.70 bits per heavy atom. The van der Waals surface area contributed by atoms with Crippen molar-refractivity contribution >= 4 is 39.4 Å². The molecular weight excluding hydrogens is 473 g/mol. The van der Waals surface area contributed by atoms with Gasteiger partial charge in [-0.3, -0.25) is 9.59 Å². The van der Waals surface area contributed by atoms with Crippen LogP contribution in [0.4, 0.5) is 18.9 Å². The van der Waals surface area contributed by atoms with E-state index in [9.17, 15) is 27.6 Å². The van der Waals surface area contributed by atoms with Gasteiger partial charge in [-0.2, -0.15) is 0 Å². The van der Waals surface area contributed by atoms with Crippen molar-refractivity contribution in [1.82, 2.24) is 5.32 Å². The Bertz CT molecular complexity index is 941. The summed E-state index contributed by atoms with van der Waals surface area (Å²) in [6.45, 7) is 0.226. The molecule has 0 radical (unpaired) electrons. The van der Waals surface area contributed by atoms with E-state index in [4.69, 9.17) is 9.47 Å². The van der Waals surface area contributed by atoms with E-state index in [1.807, 2.05) is 5.32 Å². The molecule has 0 aliphatic heterocycles. The van der Waals surface area contributed by atoms with Gasteiger partial charge in [0.15, 0.2) is 30.2 Å². The van der Waals surface area contributed by atoms with Crippen molar-refractivity contribution < 1.29 is 37.0 Å². The zero-order valence-electron chi connectivity index (χ0n) is 15.5. The molecule has 2 rings (SSSR count). The summed E-state index contributed by atoms with van der Waals surface area (Å²) in [7, 11) is 0. The van der Waals surface area contributed by atoms with Gasteiger partial charge in [0.2, 0.25) is 5.91 Å². The number of hydrogen-bond acceptors (Lipinski definition) is 5. The number of halogens is 4. The molecule has 0 aliphatic rings. The molecule has 0 heterocycles. The lowest BCUT2D eigenvalue weighted by Crippen LogP contribution is -2.40. The summed E-state index contributed by atoms with van der Waals surface area (Å²) in [4.78, 5) is 35.4. The minimum Gasteiger partial charge on any atom is -0.482 e. The summed E-state index contributed by atoms with van der Waals surface area (Å²) in [5, 5.41) is 4.16. The Labute approximate surface area is 177 Å². The predicted molar refractivity (Wildman–Crippen MR) is 103 cm³/mol. The highest BCUT2D eigenvalue weighted by atomic mass is 79.9. The fourth-order valence-electron chi connectivity index (χ4n) is 2.09. The van der Waals surface area contributed by atoms with E-state index in [2.05, 4.69) is 21.2 Å². The molecule has 0 saturated heterocycles. The van der Waals surface area contributed by atoms with Gasteiger partial charge in [0.25, 0.3) is 5.91 Å². The monoisotopic (exact) mass is 488 g/mol. The normalized spacial score (nSPS) is 11.4. The molecule has 2 amide bonds. The molecule has 30 heavy (non-hydrogen) atoms. The molecule has 160 valence electrons. The van der Waals surface area contributed by atoms with Gasteiger partial charge in [0.1, 0.15) is 5.75 Å². The molecular formula is C19H16BrF3N2O5. The van der Waals surface area contributed by atoms with Crippen molar-refractivity contribution in [2.24, 2.45) is 0 Å².